The monoisotopic (exact) mass is 249 g/mol. The van der Waals surface area contributed by atoms with Crippen LogP contribution in [0.25, 0.3) is 0 Å². The molecule has 0 bridgehead atoms. The van der Waals surface area contributed by atoms with Gasteiger partial charge in [-0.05, 0) is 33.3 Å². The zero-order chi connectivity index (χ0) is 13.5. The van der Waals surface area contributed by atoms with Gasteiger partial charge in [0, 0.05) is 24.8 Å². The van der Waals surface area contributed by atoms with Gasteiger partial charge in [0.05, 0.1) is 6.54 Å². The van der Waals surface area contributed by atoms with Gasteiger partial charge in [0.15, 0.2) is 5.78 Å². The van der Waals surface area contributed by atoms with E-state index in [4.69, 9.17) is 5.11 Å². The molecule has 3 nitrogen and oxygen atoms in total. The minimum atomic E-state index is 0.144. The van der Waals surface area contributed by atoms with Crippen molar-refractivity contribution in [3.63, 3.8) is 0 Å². The molecule has 0 aliphatic heterocycles. The van der Waals surface area contributed by atoms with Crippen LogP contribution < -0.4 is 0 Å². The molecule has 1 rings (SSSR count). The number of ketones is 1. The minimum Gasteiger partial charge on any atom is -0.396 e. The van der Waals surface area contributed by atoms with Gasteiger partial charge in [-0.2, -0.15) is 0 Å². The van der Waals surface area contributed by atoms with Gasteiger partial charge in [0.1, 0.15) is 0 Å². The number of benzene rings is 1. The Labute approximate surface area is 109 Å². The lowest BCUT2D eigenvalue weighted by molar-refractivity contribution is 0.0896. The Morgan fingerprint density at radius 3 is 2.67 bits per heavy atom. The fourth-order valence-corrected chi connectivity index (χ4v) is 1.89. The number of hydrogen-bond donors (Lipinski definition) is 1. The van der Waals surface area contributed by atoms with Gasteiger partial charge in [0.2, 0.25) is 0 Å². The Bertz CT molecular complexity index is 388. The average Bonchev–Trinajstić information content (AvgIpc) is 2.33. The second-order valence-electron chi connectivity index (χ2n) is 4.93. The predicted molar refractivity (Wildman–Crippen MR) is 73.9 cm³/mol. The quantitative estimate of drug-likeness (QED) is 0.754. The molecule has 0 saturated carbocycles. The van der Waals surface area contributed by atoms with E-state index in [0.717, 1.165) is 17.7 Å². The molecule has 3 heteroatoms. The normalized spacial score (nSPS) is 11.2. The average molecular weight is 249 g/mol. The fourth-order valence-electron chi connectivity index (χ4n) is 1.89. The Hall–Kier alpha value is -1.19. The van der Waals surface area contributed by atoms with Crippen molar-refractivity contribution in [1.82, 2.24) is 4.90 Å². The number of Topliss-reactive ketones (excluding diaryl/α,β-unsaturated/α-hetero) is 1. The van der Waals surface area contributed by atoms with Gasteiger partial charge in [-0.1, -0.05) is 23.8 Å². The van der Waals surface area contributed by atoms with Crippen molar-refractivity contribution in [1.29, 1.82) is 0 Å². The van der Waals surface area contributed by atoms with Gasteiger partial charge < -0.3 is 5.11 Å². The molecule has 18 heavy (non-hydrogen) atoms. The third-order valence-corrected chi connectivity index (χ3v) is 3.02. The van der Waals surface area contributed by atoms with Crippen LogP contribution in [0.5, 0.6) is 0 Å². The first-order chi connectivity index (χ1) is 8.54. The Morgan fingerprint density at radius 2 is 2.11 bits per heavy atom. The first-order valence-corrected chi connectivity index (χ1v) is 6.49. The van der Waals surface area contributed by atoms with Crippen molar-refractivity contribution < 1.29 is 9.90 Å². The topological polar surface area (TPSA) is 40.5 Å². The SMILES string of the molecule is Cc1cccc(C(=O)CN(CCCO)C(C)C)c1. The lowest BCUT2D eigenvalue weighted by Crippen LogP contribution is -2.36. The molecule has 0 radical (unpaired) electrons. The van der Waals surface area contributed by atoms with E-state index >= 15 is 0 Å². The molecule has 1 aromatic rings. The minimum absolute atomic E-state index is 0.144. The van der Waals surface area contributed by atoms with Gasteiger partial charge in [-0.25, -0.2) is 0 Å². The first-order valence-electron chi connectivity index (χ1n) is 6.49. The molecule has 1 aromatic carbocycles. The van der Waals surface area contributed by atoms with Crippen LogP contribution in [-0.2, 0) is 0 Å². The number of nitrogens with zero attached hydrogens (tertiary/aromatic N) is 1. The van der Waals surface area contributed by atoms with E-state index in [1.54, 1.807) is 0 Å². The lowest BCUT2D eigenvalue weighted by Gasteiger charge is -2.25. The number of aryl methyl sites for hydroxylation is 1. The molecule has 1 N–H and O–H groups in total. The summed E-state index contributed by atoms with van der Waals surface area (Å²) in [6, 6.07) is 8.00. The van der Waals surface area contributed by atoms with Crippen LogP contribution in [0.1, 0.15) is 36.2 Å². The largest absolute Gasteiger partial charge is 0.396 e. The molecule has 0 aliphatic carbocycles. The lowest BCUT2D eigenvalue weighted by atomic mass is 10.1. The summed E-state index contributed by atoms with van der Waals surface area (Å²) < 4.78 is 0. The van der Waals surface area contributed by atoms with Crippen molar-refractivity contribution >= 4 is 5.78 Å². The summed E-state index contributed by atoms with van der Waals surface area (Å²) in [5.41, 5.74) is 1.87. The number of aliphatic hydroxyl groups is 1. The highest BCUT2D eigenvalue weighted by atomic mass is 16.3. The smallest absolute Gasteiger partial charge is 0.176 e. The van der Waals surface area contributed by atoms with Gasteiger partial charge in [-0.15, -0.1) is 0 Å². The van der Waals surface area contributed by atoms with Crippen LogP contribution in [0.3, 0.4) is 0 Å². The van der Waals surface area contributed by atoms with Crippen LogP contribution >= 0.6 is 0 Å². The predicted octanol–water partition coefficient (Wildman–Crippen LogP) is 2.27. The van der Waals surface area contributed by atoms with Crippen molar-refractivity contribution in [3.8, 4) is 0 Å². The van der Waals surface area contributed by atoms with Crippen molar-refractivity contribution in [2.24, 2.45) is 0 Å². The zero-order valence-electron chi connectivity index (χ0n) is 11.5. The third-order valence-electron chi connectivity index (χ3n) is 3.02. The van der Waals surface area contributed by atoms with Crippen molar-refractivity contribution in [2.75, 3.05) is 19.7 Å². The van der Waals surface area contributed by atoms with E-state index in [-0.39, 0.29) is 12.4 Å². The molecular formula is C15H23NO2. The maximum atomic E-state index is 12.2. The maximum Gasteiger partial charge on any atom is 0.176 e. The second-order valence-corrected chi connectivity index (χ2v) is 4.93. The Kier molecular flexibility index (Phi) is 6.02. The zero-order valence-corrected chi connectivity index (χ0v) is 11.5. The molecule has 0 spiro atoms. The van der Waals surface area contributed by atoms with Crippen molar-refractivity contribution in [2.45, 2.75) is 33.2 Å². The molecule has 0 aromatic heterocycles. The Morgan fingerprint density at radius 1 is 1.39 bits per heavy atom. The molecule has 0 atom stereocenters. The molecule has 0 fully saturated rings. The summed E-state index contributed by atoms with van der Waals surface area (Å²) in [5, 5.41) is 8.87. The molecule has 0 aliphatic rings. The number of hydrogen-bond acceptors (Lipinski definition) is 3. The molecular weight excluding hydrogens is 226 g/mol. The van der Waals surface area contributed by atoms with E-state index in [2.05, 4.69) is 18.7 Å². The Balaban J connectivity index is 2.66. The van der Waals surface area contributed by atoms with Gasteiger partial charge in [0.25, 0.3) is 0 Å². The van der Waals surface area contributed by atoms with E-state index in [1.807, 2.05) is 31.2 Å². The van der Waals surface area contributed by atoms with Crippen LogP contribution in [0.15, 0.2) is 24.3 Å². The van der Waals surface area contributed by atoms with E-state index in [1.165, 1.54) is 0 Å². The van der Waals surface area contributed by atoms with Crippen LogP contribution in [0.4, 0.5) is 0 Å². The number of aliphatic hydroxyl groups excluding tert-OH is 1. The maximum absolute atomic E-state index is 12.2. The molecule has 100 valence electrons. The first kappa shape index (κ1) is 14.9. The van der Waals surface area contributed by atoms with E-state index in [0.29, 0.717) is 19.0 Å². The molecule has 0 unspecified atom stereocenters. The number of carbonyl (C=O) groups excluding carboxylic acids is 1. The third kappa shape index (κ3) is 4.59. The molecule has 0 amide bonds. The van der Waals surface area contributed by atoms with E-state index in [9.17, 15) is 4.79 Å². The highest BCUT2D eigenvalue weighted by Crippen LogP contribution is 2.08. The summed E-state index contributed by atoms with van der Waals surface area (Å²) >= 11 is 0. The van der Waals surface area contributed by atoms with Crippen LogP contribution in [0, 0.1) is 6.92 Å². The standard InChI is InChI=1S/C15H23NO2/c1-12(2)16(8-5-9-17)11-15(18)14-7-4-6-13(3)10-14/h4,6-7,10,12,17H,5,8-9,11H2,1-3H3. The van der Waals surface area contributed by atoms with E-state index < -0.39 is 0 Å². The fraction of sp³-hybridized carbons (Fsp3) is 0.533. The second kappa shape index (κ2) is 7.29. The number of carbonyl (C=O) groups is 1. The van der Waals surface area contributed by atoms with Gasteiger partial charge >= 0.3 is 0 Å². The van der Waals surface area contributed by atoms with Gasteiger partial charge in [-0.3, -0.25) is 9.69 Å². The summed E-state index contributed by atoms with van der Waals surface area (Å²) in [6.45, 7) is 7.47. The van der Waals surface area contributed by atoms with Crippen molar-refractivity contribution in [3.05, 3.63) is 35.4 Å². The summed E-state index contributed by atoms with van der Waals surface area (Å²) in [5.74, 6) is 0.144. The van der Waals surface area contributed by atoms with Crippen LogP contribution in [0.2, 0.25) is 0 Å². The molecule has 0 saturated heterocycles. The highest BCUT2D eigenvalue weighted by molar-refractivity contribution is 5.97. The summed E-state index contributed by atoms with van der Waals surface area (Å²) in [6.07, 6.45) is 0.708. The molecule has 0 heterocycles. The summed E-state index contributed by atoms with van der Waals surface area (Å²) in [7, 11) is 0. The highest BCUT2D eigenvalue weighted by Gasteiger charge is 2.14. The number of rotatable bonds is 7. The van der Waals surface area contributed by atoms with Crippen LogP contribution in [-0.4, -0.2) is 41.5 Å². The summed E-state index contributed by atoms with van der Waals surface area (Å²) in [4.78, 5) is 14.3.